The van der Waals surface area contributed by atoms with E-state index in [9.17, 15) is 4.79 Å². The van der Waals surface area contributed by atoms with Gasteiger partial charge in [-0.2, -0.15) is 5.10 Å². The van der Waals surface area contributed by atoms with E-state index in [4.69, 9.17) is 11.6 Å². The average molecular weight is 342 g/mol. The van der Waals surface area contributed by atoms with Crippen molar-refractivity contribution in [1.29, 1.82) is 0 Å². The van der Waals surface area contributed by atoms with Crippen molar-refractivity contribution < 1.29 is 4.79 Å². The number of halogens is 1. The van der Waals surface area contributed by atoms with Crippen molar-refractivity contribution in [3.8, 4) is 11.1 Å². The van der Waals surface area contributed by atoms with E-state index in [1.807, 2.05) is 47.4 Å². The lowest BCUT2D eigenvalue weighted by molar-refractivity contribution is -0.127. The number of hydrogen-bond donors (Lipinski definition) is 0. The van der Waals surface area contributed by atoms with Crippen molar-refractivity contribution in [3.63, 3.8) is 0 Å². The Labute approximate surface area is 144 Å². The Balaban J connectivity index is 1.59. The SMILES string of the molecule is CN1C(=O)CCC1Cn1cc(-c2cnc3ccc(Cl)nc3c2)cn1. The Morgan fingerprint density at radius 1 is 1.25 bits per heavy atom. The normalized spacial score (nSPS) is 17.8. The molecule has 1 aliphatic heterocycles. The van der Waals surface area contributed by atoms with Crippen LogP contribution in [-0.4, -0.2) is 43.6 Å². The molecule has 1 unspecified atom stereocenters. The van der Waals surface area contributed by atoms with Crippen LogP contribution < -0.4 is 0 Å². The third-order valence-corrected chi connectivity index (χ3v) is 4.71. The standard InChI is InChI=1S/C17H16ClN5O/c1-22-13(2-5-17(22)24)10-23-9-12(8-20-23)11-6-15-14(19-7-11)3-4-16(18)21-15/h3-4,6-9,13H,2,5,10H2,1H3. The van der Waals surface area contributed by atoms with E-state index in [-0.39, 0.29) is 11.9 Å². The summed E-state index contributed by atoms with van der Waals surface area (Å²) in [7, 11) is 1.85. The molecule has 1 atom stereocenters. The van der Waals surface area contributed by atoms with Gasteiger partial charge in [0.05, 0.1) is 29.8 Å². The zero-order chi connectivity index (χ0) is 16.7. The van der Waals surface area contributed by atoms with Crippen molar-refractivity contribution >= 4 is 28.5 Å². The largest absolute Gasteiger partial charge is 0.341 e. The molecule has 0 N–H and O–H groups in total. The Hall–Kier alpha value is -2.47. The summed E-state index contributed by atoms with van der Waals surface area (Å²) in [5.74, 6) is 0.203. The molecule has 3 aromatic heterocycles. The molecule has 4 heterocycles. The third kappa shape index (κ3) is 2.73. The molecule has 6 nitrogen and oxygen atoms in total. The minimum atomic E-state index is 0.203. The fraction of sp³-hybridized carbons (Fsp3) is 0.294. The first-order chi connectivity index (χ1) is 11.6. The number of carbonyl (C=O) groups is 1. The molecule has 0 spiro atoms. The van der Waals surface area contributed by atoms with Crippen LogP contribution in [0.3, 0.4) is 0 Å². The number of amides is 1. The number of hydrogen-bond acceptors (Lipinski definition) is 4. The number of carbonyl (C=O) groups excluding carboxylic acids is 1. The number of likely N-dealkylation sites (tertiary alicyclic amines) is 1. The summed E-state index contributed by atoms with van der Waals surface area (Å²) in [5.41, 5.74) is 3.48. The molecule has 122 valence electrons. The van der Waals surface area contributed by atoms with Crippen LogP contribution in [0.2, 0.25) is 5.15 Å². The van der Waals surface area contributed by atoms with Gasteiger partial charge in [-0.05, 0) is 24.6 Å². The Kier molecular flexibility index (Phi) is 3.69. The molecule has 0 saturated carbocycles. The predicted octanol–water partition coefficient (Wildman–Crippen LogP) is 2.77. The smallest absolute Gasteiger partial charge is 0.222 e. The maximum atomic E-state index is 11.6. The summed E-state index contributed by atoms with van der Waals surface area (Å²) in [4.78, 5) is 22.2. The molecular weight excluding hydrogens is 326 g/mol. The zero-order valence-corrected chi connectivity index (χ0v) is 13.9. The van der Waals surface area contributed by atoms with Crippen LogP contribution in [0.25, 0.3) is 22.2 Å². The van der Waals surface area contributed by atoms with E-state index >= 15 is 0 Å². The van der Waals surface area contributed by atoms with Gasteiger partial charge in [0, 0.05) is 37.0 Å². The molecule has 1 saturated heterocycles. The summed E-state index contributed by atoms with van der Waals surface area (Å²) in [5, 5.41) is 4.87. The highest BCUT2D eigenvalue weighted by atomic mass is 35.5. The number of fused-ring (bicyclic) bond motifs is 1. The van der Waals surface area contributed by atoms with Gasteiger partial charge in [-0.15, -0.1) is 0 Å². The van der Waals surface area contributed by atoms with Gasteiger partial charge >= 0.3 is 0 Å². The van der Waals surface area contributed by atoms with Crippen LogP contribution in [0.15, 0.2) is 36.8 Å². The Bertz CT molecular complexity index is 922. The Morgan fingerprint density at radius 2 is 2.12 bits per heavy atom. The minimum absolute atomic E-state index is 0.203. The summed E-state index contributed by atoms with van der Waals surface area (Å²) in [6, 6.07) is 5.75. The van der Waals surface area contributed by atoms with Crippen molar-refractivity contribution in [3.05, 3.63) is 41.9 Å². The molecule has 1 aliphatic rings. The topological polar surface area (TPSA) is 63.9 Å². The van der Waals surface area contributed by atoms with Crippen molar-refractivity contribution in [2.24, 2.45) is 0 Å². The van der Waals surface area contributed by atoms with E-state index in [0.717, 1.165) is 28.6 Å². The average Bonchev–Trinajstić information content (AvgIpc) is 3.16. The summed E-state index contributed by atoms with van der Waals surface area (Å²) in [6.07, 6.45) is 7.10. The fourth-order valence-corrected chi connectivity index (χ4v) is 3.20. The lowest BCUT2D eigenvalue weighted by Crippen LogP contribution is -2.32. The van der Waals surface area contributed by atoms with Gasteiger partial charge in [0.15, 0.2) is 0 Å². The molecule has 3 aromatic rings. The highest BCUT2D eigenvalue weighted by Gasteiger charge is 2.27. The van der Waals surface area contributed by atoms with Crippen LogP contribution in [0.1, 0.15) is 12.8 Å². The molecular formula is C17H16ClN5O. The quantitative estimate of drug-likeness (QED) is 0.687. The zero-order valence-electron chi connectivity index (χ0n) is 13.2. The molecule has 24 heavy (non-hydrogen) atoms. The van der Waals surface area contributed by atoms with Crippen LogP contribution in [0.4, 0.5) is 0 Å². The molecule has 0 bridgehead atoms. The van der Waals surface area contributed by atoms with Gasteiger partial charge in [0.1, 0.15) is 5.15 Å². The van der Waals surface area contributed by atoms with Gasteiger partial charge < -0.3 is 4.90 Å². The van der Waals surface area contributed by atoms with E-state index in [0.29, 0.717) is 18.1 Å². The van der Waals surface area contributed by atoms with Crippen molar-refractivity contribution in [1.82, 2.24) is 24.6 Å². The maximum absolute atomic E-state index is 11.6. The van der Waals surface area contributed by atoms with Gasteiger partial charge in [-0.25, -0.2) is 4.98 Å². The van der Waals surface area contributed by atoms with Gasteiger partial charge in [0.25, 0.3) is 0 Å². The second kappa shape index (κ2) is 5.87. The first-order valence-corrected chi connectivity index (χ1v) is 8.19. The number of nitrogens with zero attached hydrogens (tertiary/aromatic N) is 5. The van der Waals surface area contributed by atoms with E-state index in [1.165, 1.54) is 0 Å². The van der Waals surface area contributed by atoms with E-state index in [1.54, 1.807) is 6.07 Å². The summed E-state index contributed by atoms with van der Waals surface area (Å²) >= 11 is 5.95. The van der Waals surface area contributed by atoms with Crippen molar-refractivity contribution in [2.75, 3.05) is 7.05 Å². The van der Waals surface area contributed by atoms with Gasteiger partial charge in [0.2, 0.25) is 5.91 Å². The van der Waals surface area contributed by atoms with Crippen LogP contribution in [-0.2, 0) is 11.3 Å². The second-order valence-corrected chi connectivity index (χ2v) is 6.43. The monoisotopic (exact) mass is 341 g/mol. The van der Waals surface area contributed by atoms with E-state index < -0.39 is 0 Å². The molecule has 0 aromatic carbocycles. The fourth-order valence-electron chi connectivity index (χ4n) is 3.05. The number of aromatic nitrogens is 4. The second-order valence-electron chi connectivity index (χ2n) is 6.04. The molecule has 0 aliphatic carbocycles. The van der Waals surface area contributed by atoms with Crippen LogP contribution in [0, 0.1) is 0 Å². The molecule has 4 rings (SSSR count). The van der Waals surface area contributed by atoms with E-state index in [2.05, 4.69) is 15.1 Å². The summed E-state index contributed by atoms with van der Waals surface area (Å²) in [6.45, 7) is 0.702. The minimum Gasteiger partial charge on any atom is -0.341 e. The molecule has 1 amide bonds. The van der Waals surface area contributed by atoms with Crippen LogP contribution >= 0.6 is 11.6 Å². The predicted molar refractivity (Wildman–Crippen MR) is 91.6 cm³/mol. The van der Waals surface area contributed by atoms with Crippen molar-refractivity contribution in [2.45, 2.75) is 25.4 Å². The first kappa shape index (κ1) is 15.1. The van der Waals surface area contributed by atoms with Gasteiger partial charge in [-0.1, -0.05) is 11.6 Å². The lowest BCUT2D eigenvalue weighted by Gasteiger charge is -2.19. The molecule has 1 fully saturated rings. The first-order valence-electron chi connectivity index (χ1n) is 7.81. The van der Waals surface area contributed by atoms with Gasteiger partial charge in [-0.3, -0.25) is 14.5 Å². The third-order valence-electron chi connectivity index (χ3n) is 4.50. The Morgan fingerprint density at radius 3 is 2.92 bits per heavy atom. The van der Waals surface area contributed by atoms with Crippen LogP contribution in [0.5, 0.6) is 0 Å². The summed E-state index contributed by atoms with van der Waals surface area (Å²) < 4.78 is 1.88. The lowest BCUT2D eigenvalue weighted by atomic mass is 10.1. The number of rotatable bonds is 3. The highest BCUT2D eigenvalue weighted by Crippen LogP contribution is 2.23. The highest BCUT2D eigenvalue weighted by molar-refractivity contribution is 6.29. The molecule has 7 heteroatoms. The number of likely N-dealkylation sites (N-methyl/N-ethyl adjacent to an activating group) is 1. The molecule has 0 radical (unpaired) electrons. The number of pyridine rings is 2. The maximum Gasteiger partial charge on any atom is 0.222 e.